The number of nitrogens with one attached hydrogen (secondary N) is 1. The van der Waals surface area contributed by atoms with Crippen molar-refractivity contribution >= 4 is 0 Å². The summed E-state index contributed by atoms with van der Waals surface area (Å²) in [5, 5.41) is 3.35. The molecule has 1 saturated carbocycles. The van der Waals surface area contributed by atoms with E-state index in [4.69, 9.17) is 0 Å². The Morgan fingerprint density at radius 1 is 1.46 bits per heavy atom. The molecule has 1 fully saturated rings. The Bertz CT molecular complexity index is 128. The average molecular weight is 184 g/mol. The molecule has 0 aromatic rings. The second-order valence-electron chi connectivity index (χ2n) is 4.39. The lowest BCUT2D eigenvalue weighted by Crippen LogP contribution is -2.31. The van der Waals surface area contributed by atoms with Gasteiger partial charge in [-0.05, 0) is 52.2 Å². The van der Waals surface area contributed by atoms with E-state index in [9.17, 15) is 0 Å². The van der Waals surface area contributed by atoms with Crippen LogP contribution in [0.25, 0.3) is 0 Å². The van der Waals surface area contributed by atoms with Crippen LogP contribution in [0.2, 0.25) is 0 Å². The highest BCUT2D eigenvalue weighted by Gasteiger charge is 2.22. The lowest BCUT2D eigenvalue weighted by Gasteiger charge is -2.20. The standard InChI is InChI=1S/C11H24N2/c1-4-11(12-2)7-8-13(3)9-10-5-6-10/h10-12H,4-9H2,1-3H3. The van der Waals surface area contributed by atoms with E-state index >= 15 is 0 Å². The van der Waals surface area contributed by atoms with Crippen molar-refractivity contribution in [3.8, 4) is 0 Å². The van der Waals surface area contributed by atoms with Gasteiger partial charge in [0.15, 0.2) is 0 Å². The minimum Gasteiger partial charge on any atom is -0.317 e. The van der Waals surface area contributed by atoms with Gasteiger partial charge >= 0.3 is 0 Å². The molecule has 0 saturated heterocycles. The lowest BCUT2D eigenvalue weighted by atomic mass is 10.1. The minimum atomic E-state index is 0.710. The largest absolute Gasteiger partial charge is 0.317 e. The predicted octanol–water partition coefficient (Wildman–Crippen LogP) is 1.72. The molecule has 0 spiro atoms. The maximum atomic E-state index is 3.35. The Morgan fingerprint density at radius 3 is 2.62 bits per heavy atom. The van der Waals surface area contributed by atoms with Gasteiger partial charge in [0.2, 0.25) is 0 Å². The fourth-order valence-electron chi connectivity index (χ4n) is 1.76. The monoisotopic (exact) mass is 184 g/mol. The Labute approximate surface area is 82.7 Å². The molecule has 1 aliphatic carbocycles. The zero-order valence-electron chi connectivity index (χ0n) is 9.34. The first-order chi connectivity index (χ1) is 6.26. The highest BCUT2D eigenvalue weighted by Crippen LogP contribution is 2.29. The summed E-state index contributed by atoms with van der Waals surface area (Å²) in [5.74, 6) is 1.03. The van der Waals surface area contributed by atoms with E-state index in [1.165, 1.54) is 38.8 Å². The van der Waals surface area contributed by atoms with Gasteiger partial charge in [-0.2, -0.15) is 0 Å². The van der Waals surface area contributed by atoms with Crippen molar-refractivity contribution in [2.45, 2.75) is 38.6 Å². The maximum Gasteiger partial charge on any atom is 0.00736 e. The molecule has 1 atom stereocenters. The average Bonchev–Trinajstić information content (AvgIpc) is 2.90. The third kappa shape index (κ3) is 4.63. The van der Waals surface area contributed by atoms with E-state index in [1.54, 1.807) is 0 Å². The van der Waals surface area contributed by atoms with Gasteiger partial charge in [0.25, 0.3) is 0 Å². The van der Waals surface area contributed by atoms with Crippen LogP contribution in [0.1, 0.15) is 32.6 Å². The molecule has 0 aromatic heterocycles. The predicted molar refractivity (Wildman–Crippen MR) is 58.0 cm³/mol. The van der Waals surface area contributed by atoms with Crippen molar-refractivity contribution in [2.24, 2.45) is 5.92 Å². The quantitative estimate of drug-likeness (QED) is 0.648. The molecule has 0 amide bonds. The molecular weight excluding hydrogens is 160 g/mol. The zero-order valence-corrected chi connectivity index (χ0v) is 9.34. The summed E-state index contributed by atoms with van der Waals surface area (Å²) in [4.78, 5) is 2.48. The van der Waals surface area contributed by atoms with Gasteiger partial charge in [-0.15, -0.1) is 0 Å². The van der Waals surface area contributed by atoms with Crippen LogP contribution in [0.5, 0.6) is 0 Å². The highest BCUT2D eigenvalue weighted by molar-refractivity contribution is 4.76. The van der Waals surface area contributed by atoms with Gasteiger partial charge in [0.1, 0.15) is 0 Å². The summed E-state index contributed by atoms with van der Waals surface area (Å²) in [6.45, 7) is 4.82. The first kappa shape index (κ1) is 11.0. The van der Waals surface area contributed by atoms with Crippen molar-refractivity contribution in [3.63, 3.8) is 0 Å². The molecule has 78 valence electrons. The van der Waals surface area contributed by atoms with E-state index in [2.05, 4.69) is 31.2 Å². The summed E-state index contributed by atoms with van der Waals surface area (Å²) < 4.78 is 0. The topological polar surface area (TPSA) is 15.3 Å². The van der Waals surface area contributed by atoms with E-state index in [-0.39, 0.29) is 0 Å². The first-order valence-electron chi connectivity index (χ1n) is 5.62. The van der Waals surface area contributed by atoms with Crippen LogP contribution in [0.3, 0.4) is 0 Å². The van der Waals surface area contributed by atoms with Crippen molar-refractivity contribution in [3.05, 3.63) is 0 Å². The van der Waals surface area contributed by atoms with E-state index < -0.39 is 0 Å². The van der Waals surface area contributed by atoms with Gasteiger partial charge in [-0.25, -0.2) is 0 Å². The Kier molecular flexibility index (Phi) is 4.74. The van der Waals surface area contributed by atoms with Crippen molar-refractivity contribution in [1.82, 2.24) is 10.2 Å². The molecule has 1 aliphatic rings. The van der Waals surface area contributed by atoms with Crippen LogP contribution in [0.15, 0.2) is 0 Å². The minimum absolute atomic E-state index is 0.710. The van der Waals surface area contributed by atoms with Crippen molar-refractivity contribution in [1.29, 1.82) is 0 Å². The van der Waals surface area contributed by atoms with Gasteiger partial charge in [-0.1, -0.05) is 6.92 Å². The molecular formula is C11H24N2. The second kappa shape index (κ2) is 5.61. The van der Waals surface area contributed by atoms with Crippen LogP contribution < -0.4 is 5.32 Å². The van der Waals surface area contributed by atoms with Crippen LogP contribution in [-0.4, -0.2) is 38.1 Å². The van der Waals surface area contributed by atoms with Crippen molar-refractivity contribution in [2.75, 3.05) is 27.2 Å². The lowest BCUT2D eigenvalue weighted by molar-refractivity contribution is 0.297. The molecule has 1 rings (SSSR count). The summed E-state index contributed by atoms with van der Waals surface area (Å²) in [6.07, 6.45) is 5.46. The molecule has 0 bridgehead atoms. The molecule has 0 aliphatic heterocycles. The Morgan fingerprint density at radius 2 is 2.15 bits per heavy atom. The molecule has 2 nitrogen and oxygen atoms in total. The molecule has 13 heavy (non-hydrogen) atoms. The van der Waals surface area contributed by atoms with Gasteiger partial charge in [-0.3, -0.25) is 0 Å². The summed E-state index contributed by atoms with van der Waals surface area (Å²) in [7, 11) is 4.32. The normalized spacial score (nSPS) is 19.4. The van der Waals surface area contributed by atoms with E-state index in [1.807, 2.05) is 0 Å². The number of rotatable bonds is 7. The summed E-state index contributed by atoms with van der Waals surface area (Å²) in [5.41, 5.74) is 0. The third-order valence-corrected chi connectivity index (χ3v) is 3.03. The van der Waals surface area contributed by atoms with Crippen LogP contribution in [0, 0.1) is 5.92 Å². The van der Waals surface area contributed by atoms with E-state index in [0.717, 1.165) is 5.92 Å². The maximum absolute atomic E-state index is 3.35. The number of nitrogens with zero attached hydrogens (tertiary/aromatic N) is 1. The second-order valence-corrected chi connectivity index (χ2v) is 4.39. The van der Waals surface area contributed by atoms with Gasteiger partial charge < -0.3 is 10.2 Å². The molecule has 0 radical (unpaired) electrons. The summed E-state index contributed by atoms with van der Waals surface area (Å²) >= 11 is 0. The third-order valence-electron chi connectivity index (χ3n) is 3.03. The molecule has 1 N–H and O–H groups in total. The Hall–Kier alpha value is -0.0800. The van der Waals surface area contributed by atoms with Crippen LogP contribution >= 0.6 is 0 Å². The highest BCUT2D eigenvalue weighted by atomic mass is 15.1. The number of hydrogen-bond acceptors (Lipinski definition) is 2. The molecule has 0 heterocycles. The Balaban J connectivity index is 2.01. The zero-order chi connectivity index (χ0) is 9.68. The SMILES string of the molecule is CCC(CCN(C)CC1CC1)NC. The van der Waals surface area contributed by atoms with Crippen LogP contribution in [-0.2, 0) is 0 Å². The molecule has 0 aromatic carbocycles. The molecule has 1 unspecified atom stereocenters. The van der Waals surface area contributed by atoms with Gasteiger partial charge in [0.05, 0.1) is 0 Å². The number of hydrogen-bond donors (Lipinski definition) is 1. The van der Waals surface area contributed by atoms with Gasteiger partial charge in [0, 0.05) is 12.6 Å². The van der Waals surface area contributed by atoms with Crippen LogP contribution in [0.4, 0.5) is 0 Å². The first-order valence-corrected chi connectivity index (χ1v) is 5.62. The fraction of sp³-hybridized carbons (Fsp3) is 1.00. The summed E-state index contributed by atoms with van der Waals surface area (Å²) in [6, 6.07) is 0.710. The smallest absolute Gasteiger partial charge is 0.00736 e. The fourth-order valence-corrected chi connectivity index (χ4v) is 1.76. The van der Waals surface area contributed by atoms with E-state index in [0.29, 0.717) is 6.04 Å². The van der Waals surface area contributed by atoms with Crippen molar-refractivity contribution < 1.29 is 0 Å². The molecule has 2 heteroatoms.